The molecule has 0 saturated heterocycles. The second-order valence-corrected chi connectivity index (χ2v) is 3.14. The van der Waals surface area contributed by atoms with E-state index in [-0.39, 0.29) is 0 Å². The van der Waals surface area contributed by atoms with Gasteiger partial charge in [0.15, 0.2) is 0 Å². The Balaban J connectivity index is 2.49. The largest absolute Gasteiger partial charge is 0.379 e. The van der Waals surface area contributed by atoms with E-state index in [9.17, 15) is 0 Å². The molecule has 0 saturated carbocycles. The Bertz CT molecular complexity index is 292. The van der Waals surface area contributed by atoms with Crippen molar-refractivity contribution in [3.8, 4) is 0 Å². The summed E-state index contributed by atoms with van der Waals surface area (Å²) in [6, 6.07) is 0.417. The number of rotatable bonds is 4. The van der Waals surface area contributed by atoms with E-state index in [4.69, 9.17) is 0 Å². The topological polar surface area (TPSA) is 12.0 Å². The van der Waals surface area contributed by atoms with Gasteiger partial charge >= 0.3 is 0 Å². The SMILES string of the molecule is C=C/C=C\C(=C/C)N[C@H]1C=CC=CC1. The third-order valence-electron chi connectivity index (χ3n) is 2.06. The van der Waals surface area contributed by atoms with Crippen LogP contribution in [0.5, 0.6) is 0 Å². The van der Waals surface area contributed by atoms with Crippen molar-refractivity contribution < 1.29 is 0 Å². The Morgan fingerprint density at radius 3 is 2.93 bits per heavy atom. The summed E-state index contributed by atoms with van der Waals surface area (Å²) in [7, 11) is 0. The molecule has 0 fully saturated rings. The van der Waals surface area contributed by atoms with E-state index in [0.29, 0.717) is 6.04 Å². The third kappa shape index (κ3) is 3.48. The van der Waals surface area contributed by atoms with Crippen LogP contribution in [0.4, 0.5) is 0 Å². The first-order valence-corrected chi connectivity index (χ1v) is 4.92. The van der Waals surface area contributed by atoms with Gasteiger partial charge in [0, 0.05) is 11.7 Å². The van der Waals surface area contributed by atoms with Crippen molar-refractivity contribution in [2.24, 2.45) is 0 Å². The minimum Gasteiger partial charge on any atom is -0.379 e. The maximum Gasteiger partial charge on any atom is 0.0481 e. The lowest BCUT2D eigenvalue weighted by molar-refractivity contribution is 0.683. The van der Waals surface area contributed by atoms with Gasteiger partial charge in [-0.05, 0) is 19.4 Å². The fourth-order valence-electron chi connectivity index (χ4n) is 1.30. The van der Waals surface area contributed by atoms with Gasteiger partial charge in [-0.2, -0.15) is 0 Å². The van der Waals surface area contributed by atoms with Crippen LogP contribution in [0.15, 0.2) is 60.9 Å². The van der Waals surface area contributed by atoms with Crippen molar-refractivity contribution >= 4 is 0 Å². The molecule has 1 heteroatoms. The van der Waals surface area contributed by atoms with Crippen molar-refractivity contribution in [2.45, 2.75) is 19.4 Å². The molecule has 0 aromatic rings. The molecule has 0 unspecified atom stereocenters. The molecule has 0 aliphatic heterocycles. The van der Waals surface area contributed by atoms with Gasteiger partial charge in [0.25, 0.3) is 0 Å². The molecule has 1 atom stereocenters. The van der Waals surface area contributed by atoms with Gasteiger partial charge < -0.3 is 5.32 Å². The smallest absolute Gasteiger partial charge is 0.0481 e. The fourth-order valence-corrected chi connectivity index (χ4v) is 1.30. The van der Waals surface area contributed by atoms with Crippen LogP contribution in [0.1, 0.15) is 13.3 Å². The summed E-state index contributed by atoms with van der Waals surface area (Å²) in [5, 5.41) is 3.43. The van der Waals surface area contributed by atoms with Crippen LogP contribution in [-0.2, 0) is 0 Å². The standard InChI is InChI=1S/C13H17N/c1-3-5-9-12(4-2)14-13-10-7-6-8-11-13/h3-10,13-14H,1,11H2,2H3/b9-5-,12-4+/t13-/m0/s1. The minimum atomic E-state index is 0.417. The molecular weight excluding hydrogens is 170 g/mol. The van der Waals surface area contributed by atoms with Gasteiger partial charge in [-0.3, -0.25) is 0 Å². The van der Waals surface area contributed by atoms with E-state index in [1.807, 2.05) is 19.1 Å². The highest BCUT2D eigenvalue weighted by Gasteiger charge is 2.03. The van der Waals surface area contributed by atoms with Crippen LogP contribution in [0, 0.1) is 0 Å². The number of hydrogen-bond donors (Lipinski definition) is 1. The van der Waals surface area contributed by atoms with Crippen molar-refractivity contribution in [3.63, 3.8) is 0 Å². The molecule has 0 spiro atoms. The van der Waals surface area contributed by atoms with E-state index in [1.165, 1.54) is 0 Å². The fraction of sp³-hybridized carbons (Fsp3) is 0.231. The molecule has 74 valence electrons. The first kappa shape index (κ1) is 10.6. The molecule has 1 rings (SSSR count). The van der Waals surface area contributed by atoms with E-state index >= 15 is 0 Å². The Morgan fingerprint density at radius 2 is 2.36 bits per heavy atom. The molecule has 0 aromatic carbocycles. The van der Waals surface area contributed by atoms with E-state index < -0.39 is 0 Å². The van der Waals surface area contributed by atoms with Crippen molar-refractivity contribution in [1.29, 1.82) is 0 Å². The highest BCUT2D eigenvalue weighted by atomic mass is 14.9. The van der Waals surface area contributed by atoms with Gasteiger partial charge in [0.05, 0.1) is 0 Å². The molecule has 1 aliphatic rings. The summed E-state index contributed by atoms with van der Waals surface area (Å²) in [4.78, 5) is 0. The lowest BCUT2D eigenvalue weighted by Gasteiger charge is -2.16. The highest BCUT2D eigenvalue weighted by molar-refractivity contribution is 5.23. The van der Waals surface area contributed by atoms with E-state index in [0.717, 1.165) is 12.1 Å². The van der Waals surface area contributed by atoms with Crippen molar-refractivity contribution in [2.75, 3.05) is 0 Å². The van der Waals surface area contributed by atoms with Gasteiger partial charge in [-0.1, -0.05) is 49.1 Å². The predicted molar refractivity (Wildman–Crippen MR) is 62.9 cm³/mol. The molecule has 14 heavy (non-hydrogen) atoms. The van der Waals surface area contributed by atoms with Crippen LogP contribution in [0.2, 0.25) is 0 Å². The average Bonchev–Trinajstić information content (AvgIpc) is 2.25. The normalized spacial score (nSPS) is 21.5. The molecule has 1 N–H and O–H groups in total. The summed E-state index contributed by atoms with van der Waals surface area (Å²) < 4.78 is 0. The van der Waals surface area contributed by atoms with Gasteiger partial charge in [-0.15, -0.1) is 0 Å². The minimum absolute atomic E-state index is 0.417. The molecule has 0 heterocycles. The van der Waals surface area contributed by atoms with Gasteiger partial charge in [-0.25, -0.2) is 0 Å². The third-order valence-corrected chi connectivity index (χ3v) is 2.06. The zero-order chi connectivity index (χ0) is 10.2. The number of nitrogens with one attached hydrogen (secondary N) is 1. The first-order valence-electron chi connectivity index (χ1n) is 4.92. The zero-order valence-corrected chi connectivity index (χ0v) is 8.61. The molecule has 0 aromatic heterocycles. The van der Waals surface area contributed by atoms with Gasteiger partial charge in [0.1, 0.15) is 0 Å². The lowest BCUT2D eigenvalue weighted by atomic mass is 10.1. The van der Waals surface area contributed by atoms with Crippen LogP contribution in [0.25, 0.3) is 0 Å². The Hall–Kier alpha value is -1.50. The maximum absolute atomic E-state index is 3.65. The lowest BCUT2D eigenvalue weighted by Crippen LogP contribution is -2.25. The summed E-state index contributed by atoms with van der Waals surface area (Å²) in [6.45, 7) is 5.67. The zero-order valence-electron chi connectivity index (χ0n) is 8.61. The predicted octanol–water partition coefficient (Wildman–Crippen LogP) is 3.11. The average molecular weight is 187 g/mol. The molecular formula is C13H17N. The molecule has 1 nitrogen and oxygen atoms in total. The van der Waals surface area contributed by atoms with Crippen LogP contribution >= 0.6 is 0 Å². The second-order valence-electron chi connectivity index (χ2n) is 3.14. The number of hydrogen-bond acceptors (Lipinski definition) is 1. The molecule has 1 aliphatic carbocycles. The van der Waals surface area contributed by atoms with Crippen LogP contribution in [0.3, 0.4) is 0 Å². The Labute approximate surface area is 86.2 Å². The van der Waals surface area contributed by atoms with Gasteiger partial charge in [0.2, 0.25) is 0 Å². The second kappa shape index (κ2) is 6.03. The maximum atomic E-state index is 3.65. The highest BCUT2D eigenvalue weighted by Crippen LogP contribution is 2.05. The Morgan fingerprint density at radius 1 is 1.50 bits per heavy atom. The quantitative estimate of drug-likeness (QED) is 0.667. The van der Waals surface area contributed by atoms with Crippen LogP contribution < -0.4 is 5.32 Å². The van der Waals surface area contributed by atoms with Crippen molar-refractivity contribution in [3.05, 3.63) is 60.9 Å². The molecule has 0 radical (unpaired) electrons. The van der Waals surface area contributed by atoms with E-state index in [2.05, 4.69) is 42.3 Å². The summed E-state index contributed by atoms with van der Waals surface area (Å²) in [6.07, 6.45) is 17.3. The number of allylic oxidation sites excluding steroid dienone is 6. The Kier molecular flexibility index (Phi) is 4.56. The van der Waals surface area contributed by atoms with E-state index in [1.54, 1.807) is 6.08 Å². The van der Waals surface area contributed by atoms with Crippen molar-refractivity contribution in [1.82, 2.24) is 5.32 Å². The summed E-state index contributed by atoms with van der Waals surface area (Å²) in [5.41, 5.74) is 1.13. The molecule has 0 bridgehead atoms. The monoisotopic (exact) mass is 187 g/mol. The summed E-state index contributed by atoms with van der Waals surface area (Å²) >= 11 is 0. The summed E-state index contributed by atoms with van der Waals surface area (Å²) in [5.74, 6) is 0. The van der Waals surface area contributed by atoms with Crippen LogP contribution in [-0.4, -0.2) is 6.04 Å². The first-order chi connectivity index (χ1) is 6.86. The molecule has 0 amide bonds.